The number of aromatic nitrogens is 2. The van der Waals surface area contributed by atoms with E-state index in [-0.39, 0.29) is 11.8 Å². The van der Waals surface area contributed by atoms with Gasteiger partial charge in [-0.3, -0.25) is 4.79 Å². The molecule has 4 rings (SSSR count). The van der Waals surface area contributed by atoms with Gasteiger partial charge in [0.15, 0.2) is 5.13 Å². The third-order valence-corrected chi connectivity index (χ3v) is 6.20. The third-order valence-electron chi connectivity index (χ3n) is 5.16. The number of nitrogens with one attached hydrogen (secondary N) is 1. The van der Waals surface area contributed by atoms with E-state index >= 15 is 0 Å². The summed E-state index contributed by atoms with van der Waals surface area (Å²) in [5.74, 6) is 1.46. The highest BCUT2D eigenvalue weighted by molar-refractivity contribution is 7.21. The van der Waals surface area contributed by atoms with Crippen LogP contribution < -0.4 is 19.7 Å². The number of nitrogens with zero attached hydrogens (tertiary/aromatic N) is 3. The fourth-order valence-corrected chi connectivity index (χ4v) is 4.55. The van der Waals surface area contributed by atoms with Crippen LogP contribution >= 0.6 is 11.3 Å². The Morgan fingerprint density at radius 1 is 1.31 bits per heavy atom. The lowest BCUT2D eigenvalue weighted by Crippen LogP contribution is -2.43. The number of pyridine rings is 1. The smallest absolute Gasteiger partial charge is 0.225 e. The Bertz CT molecular complexity index is 974. The summed E-state index contributed by atoms with van der Waals surface area (Å²) in [6, 6.07) is 9.45. The Hall–Kier alpha value is -2.87. The van der Waals surface area contributed by atoms with Gasteiger partial charge >= 0.3 is 0 Å². The molecule has 1 saturated heterocycles. The molecule has 1 unspecified atom stereocenters. The number of thiazole rings is 1. The molecule has 1 aromatic carbocycles. The van der Waals surface area contributed by atoms with Gasteiger partial charge in [0.25, 0.3) is 0 Å². The Labute approximate surface area is 173 Å². The van der Waals surface area contributed by atoms with Crippen molar-refractivity contribution in [1.82, 2.24) is 15.3 Å². The van der Waals surface area contributed by atoms with Crippen LogP contribution in [0.25, 0.3) is 10.3 Å². The summed E-state index contributed by atoms with van der Waals surface area (Å²) in [6.07, 6.45) is 3.62. The monoisotopic (exact) mass is 412 g/mol. The number of methoxy groups -OCH3 is 2. The minimum atomic E-state index is -0.0691. The van der Waals surface area contributed by atoms with E-state index < -0.39 is 0 Å². The van der Waals surface area contributed by atoms with Gasteiger partial charge in [-0.2, -0.15) is 0 Å². The molecule has 0 bridgehead atoms. The molecular weight excluding hydrogens is 388 g/mol. The van der Waals surface area contributed by atoms with Crippen molar-refractivity contribution in [3.05, 3.63) is 42.1 Å². The molecule has 0 spiro atoms. The van der Waals surface area contributed by atoms with E-state index in [0.717, 1.165) is 51.9 Å². The highest BCUT2D eigenvalue weighted by atomic mass is 32.1. The average Bonchev–Trinajstić information content (AvgIpc) is 3.21. The van der Waals surface area contributed by atoms with E-state index in [1.807, 2.05) is 30.3 Å². The zero-order chi connectivity index (χ0) is 20.2. The zero-order valence-corrected chi connectivity index (χ0v) is 17.4. The van der Waals surface area contributed by atoms with E-state index in [0.29, 0.717) is 13.1 Å². The number of anilines is 1. The van der Waals surface area contributed by atoms with Crippen LogP contribution in [0.2, 0.25) is 0 Å². The molecule has 3 heterocycles. The molecule has 7 nitrogen and oxygen atoms in total. The Morgan fingerprint density at radius 2 is 2.21 bits per heavy atom. The summed E-state index contributed by atoms with van der Waals surface area (Å²) in [4.78, 5) is 25.0. The van der Waals surface area contributed by atoms with E-state index in [9.17, 15) is 4.79 Å². The number of carbonyl (C=O) groups is 1. The first-order valence-electron chi connectivity index (χ1n) is 9.63. The lowest BCUT2D eigenvalue weighted by atomic mass is 9.97. The van der Waals surface area contributed by atoms with Gasteiger partial charge in [0.2, 0.25) is 5.91 Å². The lowest BCUT2D eigenvalue weighted by molar-refractivity contribution is -0.125. The number of benzene rings is 1. The van der Waals surface area contributed by atoms with Gasteiger partial charge in [0.05, 0.1) is 20.1 Å². The number of piperidine rings is 1. The summed E-state index contributed by atoms with van der Waals surface area (Å²) >= 11 is 1.58. The number of carbonyl (C=O) groups excluding carboxylic acids is 1. The summed E-state index contributed by atoms with van der Waals surface area (Å²) in [5, 5.41) is 4.00. The molecule has 29 heavy (non-hydrogen) atoms. The van der Waals surface area contributed by atoms with Crippen molar-refractivity contribution in [3.63, 3.8) is 0 Å². The lowest BCUT2D eigenvalue weighted by Gasteiger charge is -2.31. The van der Waals surface area contributed by atoms with Crippen molar-refractivity contribution in [3.8, 4) is 11.5 Å². The van der Waals surface area contributed by atoms with Gasteiger partial charge in [0, 0.05) is 31.4 Å². The largest absolute Gasteiger partial charge is 0.497 e. The fraction of sp³-hybridized carbons (Fsp3) is 0.381. The number of amides is 1. The molecule has 0 radical (unpaired) electrons. The number of hydrogen-bond donors (Lipinski definition) is 1. The SMILES string of the molecule is COc1ccc(OC)c(CNC(=O)C2CCCN(c3nc4cccnc4s3)C2)c1. The zero-order valence-electron chi connectivity index (χ0n) is 16.6. The van der Waals surface area contributed by atoms with Crippen molar-refractivity contribution in [2.45, 2.75) is 19.4 Å². The molecule has 1 fully saturated rings. The van der Waals surface area contributed by atoms with Gasteiger partial charge in [-0.05, 0) is 43.2 Å². The van der Waals surface area contributed by atoms with Crippen LogP contribution in [0.1, 0.15) is 18.4 Å². The van der Waals surface area contributed by atoms with Crippen LogP contribution in [0.15, 0.2) is 36.5 Å². The van der Waals surface area contributed by atoms with Crippen molar-refractivity contribution in [2.75, 3.05) is 32.2 Å². The summed E-state index contributed by atoms with van der Waals surface area (Å²) < 4.78 is 10.7. The molecule has 1 N–H and O–H groups in total. The van der Waals surface area contributed by atoms with E-state index in [1.165, 1.54) is 0 Å². The first-order chi connectivity index (χ1) is 14.2. The van der Waals surface area contributed by atoms with Crippen LogP contribution in [0.3, 0.4) is 0 Å². The van der Waals surface area contributed by atoms with Gasteiger partial charge in [-0.15, -0.1) is 0 Å². The maximum atomic E-state index is 12.8. The molecule has 152 valence electrons. The average molecular weight is 413 g/mol. The molecule has 2 aromatic heterocycles. The molecular formula is C21H24N4O3S. The van der Waals surface area contributed by atoms with Crippen molar-refractivity contribution in [2.24, 2.45) is 5.92 Å². The quantitative estimate of drug-likeness (QED) is 0.670. The van der Waals surface area contributed by atoms with Crippen molar-refractivity contribution < 1.29 is 14.3 Å². The molecule has 0 aliphatic carbocycles. The van der Waals surface area contributed by atoms with Gasteiger partial charge in [0.1, 0.15) is 21.8 Å². The Kier molecular flexibility index (Phi) is 5.80. The second-order valence-electron chi connectivity index (χ2n) is 7.00. The predicted octanol–water partition coefficient (Wildman–Crippen LogP) is 3.24. The van der Waals surface area contributed by atoms with E-state index in [2.05, 4.69) is 20.2 Å². The Balaban J connectivity index is 1.41. The molecule has 0 saturated carbocycles. The van der Waals surface area contributed by atoms with Crippen LogP contribution in [0.5, 0.6) is 11.5 Å². The maximum Gasteiger partial charge on any atom is 0.225 e. The second kappa shape index (κ2) is 8.65. The van der Waals surface area contributed by atoms with Crippen LogP contribution in [0.4, 0.5) is 5.13 Å². The van der Waals surface area contributed by atoms with Crippen molar-refractivity contribution in [1.29, 1.82) is 0 Å². The van der Waals surface area contributed by atoms with Crippen LogP contribution in [-0.4, -0.2) is 43.2 Å². The van der Waals surface area contributed by atoms with E-state index in [4.69, 9.17) is 9.47 Å². The van der Waals surface area contributed by atoms with Gasteiger partial charge in [-0.25, -0.2) is 9.97 Å². The highest BCUT2D eigenvalue weighted by Crippen LogP contribution is 2.30. The molecule has 3 aromatic rings. The first kappa shape index (κ1) is 19.4. The van der Waals surface area contributed by atoms with Gasteiger partial charge in [-0.1, -0.05) is 11.3 Å². The summed E-state index contributed by atoms with van der Waals surface area (Å²) in [7, 11) is 3.25. The third kappa shape index (κ3) is 4.27. The highest BCUT2D eigenvalue weighted by Gasteiger charge is 2.27. The second-order valence-corrected chi connectivity index (χ2v) is 7.96. The number of rotatable bonds is 6. The first-order valence-corrected chi connectivity index (χ1v) is 10.4. The Morgan fingerprint density at radius 3 is 3.00 bits per heavy atom. The normalized spacial score (nSPS) is 16.6. The number of hydrogen-bond acceptors (Lipinski definition) is 7. The minimum absolute atomic E-state index is 0.0545. The number of ether oxygens (including phenoxy) is 2. The van der Waals surface area contributed by atoms with Crippen LogP contribution in [-0.2, 0) is 11.3 Å². The maximum absolute atomic E-state index is 12.8. The van der Waals surface area contributed by atoms with Crippen molar-refractivity contribution >= 4 is 32.7 Å². The fourth-order valence-electron chi connectivity index (χ4n) is 3.61. The molecule has 1 atom stereocenters. The standard InChI is InChI=1S/C21H24N4O3S/c1-27-16-7-8-18(28-2)15(11-16)12-23-19(26)14-5-4-10-25(13-14)21-24-17-6-3-9-22-20(17)29-21/h3,6-9,11,14H,4-5,10,12-13H2,1-2H3,(H,23,26). The summed E-state index contributed by atoms with van der Waals surface area (Å²) in [5.41, 5.74) is 1.80. The summed E-state index contributed by atoms with van der Waals surface area (Å²) in [6.45, 7) is 1.98. The number of fused-ring (bicyclic) bond motifs is 1. The van der Waals surface area contributed by atoms with E-state index in [1.54, 1.807) is 31.8 Å². The molecule has 1 amide bonds. The topological polar surface area (TPSA) is 76.6 Å². The van der Waals surface area contributed by atoms with Gasteiger partial charge < -0.3 is 19.7 Å². The molecule has 1 aliphatic heterocycles. The molecule has 8 heteroatoms. The predicted molar refractivity (Wildman–Crippen MR) is 114 cm³/mol. The van der Waals surface area contributed by atoms with Crippen LogP contribution in [0, 0.1) is 5.92 Å². The minimum Gasteiger partial charge on any atom is -0.497 e. The molecule has 1 aliphatic rings.